The number of nitrogens with one attached hydrogen (secondary N) is 1. The maximum atomic E-state index is 14.4. The molecule has 31 heavy (non-hydrogen) atoms. The van der Waals surface area contributed by atoms with Crippen molar-refractivity contribution >= 4 is 11.9 Å². The Kier molecular flexibility index (Phi) is 6.09. The van der Waals surface area contributed by atoms with Gasteiger partial charge in [-0.25, -0.2) is 22.4 Å². The number of halogens is 4. The Labute approximate surface area is 174 Å². The number of benzene rings is 2. The smallest absolute Gasteiger partial charge is 0.335 e. The summed E-state index contributed by atoms with van der Waals surface area (Å²) in [7, 11) is 1.27. The van der Waals surface area contributed by atoms with Crippen molar-refractivity contribution in [1.82, 2.24) is 15.1 Å². The van der Waals surface area contributed by atoms with Gasteiger partial charge in [-0.3, -0.25) is 9.48 Å². The monoisotopic (exact) mass is 435 g/mol. The lowest BCUT2D eigenvalue weighted by Crippen LogP contribution is -2.28. The number of nitrogens with zero attached hydrogens (tertiary/aromatic N) is 2. The number of carboxylic acid groups (broad SMARTS) is 1. The number of carboxylic acids is 1. The summed E-state index contributed by atoms with van der Waals surface area (Å²) >= 11 is 0. The van der Waals surface area contributed by atoms with Gasteiger partial charge >= 0.3 is 5.97 Å². The van der Waals surface area contributed by atoms with Gasteiger partial charge in [0, 0.05) is 18.7 Å². The van der Waals surface area contributed by atoms with Crippen molar-refractivity contribution < 1.29 is 32.3 Å². The normalized spacial score (nSPS) is 12.1. The number of hydrogen-bond acceptors (Lipinski definition) is 3. The van der Waals surface area contributed by atoms with Gasteiger partial charge in [-0.15, -0.1) is 0 Å². The number of carbonyl (C=O) groups is 2. The maximum Gasteiger partial charge on any atom is 0.335 e. The number of amides is 1. The molecule has 1 amide bonds. The van der Waals surface area contributed by atoms with Crippen LogP contribution >= 0.6 is 0 Å². The van der Waals surface area contributed by atoms with E-state index >= 15 is 0 Å². The third-order valence-corrected chi connectivity index (χ3v) is 4.70. The summed E-state index contributed by atoms with van der Waals surface area (Å²) in [6.45, 7) is 1.57. The molecular formula is C21H17F4N3O3. The van der Waals surface area contributed by atoms with Crippen LogP contribution in [0.3, 0.4) is 0 Å². The second kappa shape index (κ2) is 8.58. The van der Waals surface area contributed by atoms with E-state index in [4.69, 9.17) is 5.11 Å². The molecule has 6 nitrogen and oxygen atoms in total. The molecule has 0 aliphatic rings. The summed E-state index contributed by atoms with van der Waals surface area (Å²) in [5, 5.41) is 15.2. The number of hydrogen-bond donors (Lipinski definition) is 2. The number of aromatic carboxylic acids is 1. The quantitative estimate of drug-likeness (QED) is 0.559. The zero-order valence-electron chi connectivity index (χ0n) is 16.4. The number of aromatic nitrogens is 2. The standard InChI is InChI=1S/C21H17F4N3O3/c1-10(11-3-5-12(6-4-11)21(30)31)26-20(29)16-17(19(24)25)27-28(2)18(16)14-8-7-13(22)9-15(14)23/h3-10,19H,1-2H3,(H,26,29)(H,30,31). The summed E-state index contributed by atoms with van der Waals surface area (Å²) in [4.78, 5) is 23.9. The molecule has 1 aromatic heterocycles. The Morgan fingerprint density at radius 2 is 1.74 bits per heavy atom. The summed E-state index contributed by atoms with van der Waals surface area (Å²) < 4.78 is 55.7. The molecule has 0 radical (unpaired) electrons. The van der Waals surface area contributed by atoms with Crippen LogP contribution in [-0.4, -0.2) is 26.8 Å². The Balaban J connectivity index is 2.00. The molecule has 10 heteroatoms. The van der Waals surface area contributed by atoms with Crippen molar-refractivity contribution in [3.63, 3.8) is 0 Å². The van der Waals surface area contributed by atoms with E-state index < -0.39 is 47.2 Å². The second-order valence-corrected chi connectivity index (χ2v) is 6.78. The fourth-order valence-electron chi connectivity index (χ4n) is 3.18. The third-order valence-electron chi connectivity index (χ3n) is 4.70. The highest BCUT2D eigenvalue weighted by molar-refractivity contribution is 6.01. The summed E-state index contributed by atoms with van der Waals surface area (Å²) in [6, 6.07) is 7.52. The van der Waals surface area contributed by atoms with E-state index in [1.54, 1.807) is 6.92 Å². The maximum absolute atomic E-state index is 14.4. The molecule has 3 aromatic rings. The van der Waals surface area contributed by atoms with E-state index in [2.05, 4.69) is 10.4 Å². The van der Waals surface area contributed by atoms with Crippen molar-refractivity contribution in [3.05, 3.63) is 76.5 Å². The molecule has 0 aliphatic heterocycles. The molecule has 2 N–H and O–H groups in total. The first kappa shape index (κ1) is 22.0. The van der Waals surface area contributed by atoms with Crippen molar-refractivity contribution in [1.29, 1.82) is 0 Å². The molecule has 0 spiro atoms. The molecule has 2 aromatic carbocycles. The molecule has 3 rings (SSSR count). The topological polar surface area (TPSA) is 84.2 Å². The summed E-state index contributed by atoms with van der Waals surface area (Å²) in [6.07, 6.45) is -3.12. The Bertz CT molecular complexity index is 1140. The average molecular weight is 435 g/mol. The highest BCUT2D eigenvalue weighted by atomic mass is 19.3. The Hall–Kier alpha value is -3.69. The fourth-order valence-corrected chi connectivity index (χ4v) is 3.18. The van der Waals surface area contributed by atoms with Gasteiger partial charge in [-0.1, -0.05) is 12.1 Å². The van der Waals surface area contributed by atoms with Gasteiger partial charge in [0.05, 0.1) is 22.9 Å². The molecule has 0 aliphatic carbocycles. The van der Waals surface area contributed by atoms with Gasteiger partial charge in [0.15, 0.2) is 0 Å². The van der Waals surface area contributed by atoms with Crippen molar-refractivity contribution in [2.24, 2.45) is 7.05 Å². The zero-order chi connectivity index (χ0) is 22.9. The molecule has 1 atom stereocenters. The first-order valence-electron chi connectivity index (χ1n) is 9.04. The van der Waals surface area contributed by atoms with Crippen LogP contribution in [0.4, 0.5) is 17.6 Å². The highest BCUT2D eigenvalue weighted by Crippen LogP contribution is 2.33. The summed E-state index contributed by atoms with van der Waals surface area (Å²) in [5.41, 5.74) is -1.28. The largest absolute Gasteiger partial charge is 0.478 e. The lowest BCUT2D eigenvalue weighted by atomic mass is 10.0. The minimum atomic E-state index is -3.12. The van der Waals surface area contributed by atoms with Crippen LogP contribution in [0.2, 0.25) is 0 Å². The van der Waals surface area contributed by atoms with E-state index in [0.29, 0.717) is 11.6 Å². The van der Waals surface area contributed by atoms with Crippen LogP contribution in [0.15, 0.2) is 42.5 Å². The van der Waals surface area contributed by atoms with E-state index in [-0.39, 0.29) is 16.8 Å². The number of rotatable bonds is 6. The molecule has 1 unspecified atom stereocenters. The second-order valence-electron chi connectivity index (χ2n) is 6.78. The predicted molar refractivity (Wildman–Crippen MR) is 103 cm³/mol. The number of carbonyl (C=O) groups excluding carboxylic acids is 1. The molecule has 0 saturated heterocycles. The van der Waals surface area contributed by atoms with E-state index in [1.807, 2.05) is 0 Å². The molecule has 0 saturated carbocycles. The van der Waals surface area contributed by atoms with Gasteiger partial charge in [0.1, 0.15) is 17.3 Å². The lowest BCUT2D eigenvalue weighted by Gasteiger charge is -2.16. The Morgan fingerprint density at radius 3 is 2.29 bits per heavy atom. The van der Waals surface area contributed by atoms with Gasteiger partial charge in [0.2, 0.25) is 0 Å². The van der Waals surface area contributed by atoms with Gasteiger partial charge < -0.3 is 10.4 Å². The van der Waals surface area contributed by atoms with Crippen LogP contribution in [-0.2, 0) is 7.05 Å². The molecule has 0 fully saturated rings. The fraction of sp³-hybridized carbons (Fsp3) is 0.190. The van der Waals surface area contributed by atoms with Crippen molar-refractivity contribution in [3.8, 4) is 11.3 Å². The first-order chi connectivity index (χ1) is 14.6. The number of alkyl halides is 2. The Morgan fingerprint density at radius 1 is 1.10 bits per heavy atom. The molecule has 1 heterocycles. The molecule has 0 bridgehead atoms. The number of aryl methyl sites for hydroxylation is 1. The lowest BCUT2D eigenvalue weighted by molar-refractivity contribution is 0.0696. The van der Waals surface area contributed by atoms with Crippen LogP contribution in [0.25, 0.3) is 11.3 Å². The van der Waals surface area contributed by atoms with Gasteiger partial charge in [-0.2, -0.15) is 5.10 Å². The van der Waals surface area contributed by atoms with Crippen molar-refractivity contribution in [2.45, 2.75) is 19.4 Å². The van der Waals surface area contributed by atoms with Crippen LogP contribution in [0, 0.1) is 11.6 Å². The van der Waals surface area contributed by atoms with E-state index in [0.717, 1.165) is 16.8 Å². The highest BCUT2D eigenvalue weighted by Gasteiger charge is 2.30. The van der Waals surface area contributed by atoms with Gasteiger partial charge in [0.25, 0.3) is 12.3 Å². The molecule has 162 valence electrons. The first-order valence-corrected chi connectivity index (χ1v) is 9.04. The van der Waals surface area contributed by atoms with E-state index in [1.165, 1.54) is 31.3 Å². The predicted octanol–water partition coefficient (Wildman–Crippen LogP) is 4.49. The van der Waals surface area contributed by atoms with Crippen molar-refractivity contribution in [2.75, 3.05) is 0 Å². The molecular weight excluding hydrogens is 418 g/mol. The van der Waals surface area contributed by atoms with E-state index in [9.17, 15) is 27.2 Å². The van der Waals surface area contributed by atoms with Crippen LogP contribution < -0.4 is 5.32 Å². The zero-order valence-corrected chi connectivity index (χ0v) is 16.4. The minimum absolute atomic E-state index is 0.0450. The summed E-state index contributed by atoms with van der Waals surface area (Å²) in [5.74, 6) is -3.94. The van der Waals surface area contributed by atoms with Crippen LogP contribution in [0.5, 0.6) is 0 Å². The van der Waals surface area contributed by atoms with Gasteiger partial charge in [-0.05, 0) is 36.8 Å². The SMILES string of the molecule is CC(NC(=O)c1c(C(F)F)nn(C)c1-c1ccc(F)cc1F)c1ccc(C(=O)O)cc1. The minimum Gasteiger partial charge on any atom is -0.478 e. The third kappa shape index (κ3) is 4.42. The average Bonchev–Trinajstić information content (AvgIpc) is 3.05. The van der Waals surface area contributed by atoms with Crippen LogP contribution in [0.1, 0.15) is 51.4 Å².